The summed E-state index contributed by atoms with van der Waals surface area (Å²) in [6.07, 6.45) is 4.89. The highest BCUT2D eigenvalue weighted by atomic mass is 16.4. The Balaban J connectivity index is 2.71. The molecule has 0 aromatic carbocycles. The van der Waals surface area contributed by atoms with Gasteiger partial charge in [-0.2, -0.15) is 0 Å². The molecule has 0 aromatic heterocycles. The summed E-state index contributed by atoms with van der Waals surface area (Å²) in [5, 5.41) is 21.9. The van der Waals surface area contributed by atoms with Crippen molar-refractivity contribution in [1.29, 1.82) is 0 Å². The Kier molecular flexibility index (Phi) is 5.78. The predicted octanol–water partition coefficient (Wildman–Crippen LogP) is 0.482. The topological polar surface area (TPSA) is 95.6 Å². The third kappa shape index (κ3) is 3.80. The van der Waals surface area contributed by atoms with Crippen molar-refractivity contribution in [2.24, 2.45) is 11.7 Å². The summed E-state index contributed by atoms with van der Waals surface area (Å²) in [6, 6.07) is -0.487. The van der Waals surface area contributed by atoms with Gasteiger partial charge in [-0.1, -0.05) is 19.1 Å². The molecule has 5 heteroatoms. The molecule has 1 heterocycles. The Morgan fingerprint density at radius 2 is 2.28 bits per heavy atom. The molecule has 0 amide bonds. The largest absolute Gasteiger partial charge is 0.481 e. The molecule has 1 rings (SSSR count). The fourth-order valence-electron chi connectivity index (χ4n) is 2.65. The molecular formula is C13H24N2O3. The van der Waals surface area contributed by atoms with Gasteiger partial charge >= 0.3 is 5.97 Å². The molecule has 1 fully saturated rings. The van der Waals surface area contributed by atoms with Crippen molar-refractivity contribution in [2.75, 3.05) is 0 Å². The Labute approximate surface area is 108 Å². The number of hydrogen-bond donors (Lipinski definition) is 4. The first-order valence-electron chi connectivity index (χ1n) is 6.53. The zero-order chi connectivity index (χ0) is 13.7. The van der Waals surface area contributed by atoms with Gasteiger partial charge in [-0.3, -0.25) is 4.79 Å². The van der Waals surface area contributed by atoms with E-state index in [4.69, 9.17) is 10.8 Å². The van der Waals surface area contributed by atoms with Crippen LogP contribution in [-0.4, -0.2) is 40.4 Å². The summed E-state index contributed by atoms with van der Waals surface area (Å²) in [5.74, 6) is -0.618. The number of aliphatic hydroxyl groups is 1. The van der Waals surface area contributed by atoms with Gasteiger partial charge in [-0.25, -0.2) is 0 Å². The molecule has 1 aliphatic rings. The van der Waals surface area contributed by atoms with Gasteiger partial charge in [0.1, 0.15) is 0 Å². The third-order valence-electron chi connectivity index (χ3n) is 3.58. The van der Waals surface area contributed by atoms with E-state index >= 15 is 0 Å². The Hall–Kier alpha value is -0.910. The van der Waals surface area contributed by atoms with E-state index in [0.717, 1.165) is 6.42 Å². The van der Waals surface area contributed by atoms with E-state index < -0.39 is 12.1 Å². The number of aliphatic hydroxyl groups excluding tert-OH is 1. The molecule has 5 unspecified atom stereocenters. The molecular weight excluding hydrogens is 232 g/mol. The standard InChI is InChI=1S/C13H24N2O3/c1-3-5-8-6-9(7-11(17)18)15-13(8)12(14)10(16)4-2/h3,5,8-10,12-13,15-16H,4,6-7,14H2,1-2H3,(H,17,18)/b5-3-. The molecule has 0 spiro atoms. The Morgan fingerprint density at radius 1 is 1.61 bits per heavy atom. The quantitative estimate of drug-likeness (QED) is 0.519. The average molecular weight is 256 g/mol. The number of nitrogens with two attached hydrogens (primary N) is 1. The van der Waals surface area contributed by atoms with E-state index in [1.54, 1.807) is 0 Å². The van der Waals surface area contributed by atoms with Crippen LogP contribution in [0.25, 0.3) is 0 Å². The van der Waals surface area contributed by atoms with Crippen molar-refractivity contribution in [3.8, 4) is 0 Å². The van der Waals surface area contributed by atoms with Gasteiger partial charge in [0.2, 0.25) is 0 Å². The van der Waals surface area contributed by atoms with Crippen LogP contribution in [0.5, 0.6) is 0 Å². The molecule has 1 aliphatic heterocycles. The third-order valence-corrected chi connectivity index (χ3v) is 3.58. The van der Waals surface area contributed by atoms with Crippen molar-refractivity contribution in [2.45, 2.75) is 57.3 Å². The predicted molar refractivity (Wildman–Crippen MR) is 70.2 cm³/mol. The molecule has 0 radical (unpaired) electrons. The maximum Gasteiger partial charge on any atom is 0.304 e. The number of carboxylic acid groups (broad SMARTS) is 1. The van der Waals surface area contributed by atoms with E-state index in [2.05, 4.69) is 5.32 Å². The molecule has 0 saturated carbocycles. The molecule has 0 aliphatic carbocycles. The minimum absolute atomic E-state index is 0.0551. The summed E-state index contributed by atoms with van der Waals surface area (Å²) in [4.78, 5) is 10.7. The lowest BCUT2D eigenvalue weighted by atomic mass is 9.90. The van der Waals surface area contributed by atoms with E-state index in [1.165, 1.54) is 0 Å². The van der Waals surface area contributed by atoms with Crippen molar-refractivity contribution >= 4 is 5.97 Å². The number of aliphatic carboxylic acids is 1. The van der Waals surface area contributed by atoms with Crippen LogP contribution in [-0.2, 0) is 4.79 Å². The molecule has 18 heavy (non-hydrogen) atoms. The van der Waals surface area contributed by atoms with Crippen molar-refractivity contribution in [3.05, 3.63) is 12.2 Å². The van der Waals surface area contributed by atoms with Gasteiger partial charge in [0, 0.05) is 18.1 Å². The maximum absolute atomic E-state index is 10.7. The summed E-state index contributed by atoms with van der Waals surface area (Å²) in [7, 11) is 0. The van der Waals surface area contributed by atoms with E-state index in [-0.39, 0.29) is 30.5 Å². The van der Waals surface area contributed by atoms with E-state index in [9.17, 15) is 9.90 Å². The lowest BCUT2D eigenvalue weighted by Crippen LogP contribution is -2.52. The normalized spacial score (nSPS) is 31.7. The van der Waals surface area contributed by atoms with Crippen LogP contribution in [0.3, 0.4) is 0 Å². The highest BCUT2D eigenvalue weighted by Gasteiger charge is 2.38. The summed E-state index contributed by atoms with van der Waals surface area (Å²) in [6.45, 7) is 3.82. The molecule has 5 nitrogen and oxygen atoms in total. The second-order valence-electron chi connectivity index (χ2n) is 4.97. The summed E-state index contributed by atoms with van der Waals surface area (Å²) >= 11 is 0. The highest BCUT2D eigenvalue weighted by molar-refractivity contribution is 5.67. The zero-order valence-corrected chi connectivity index (χ0v) is 11.0. The fourth-order valence-corrected chi connectivity index (χ4v) is 2.65. The van der Waals surface area contributed by atoms with Crippen LogP contribution in [0.4, 0.5) is 0 Å². The van der Waals surface area contributed by atoms with Crippen molar-refractivity contribution in [1.82, 2.24) is 5.32 Å². The Morgan fingerprint density at radius 3 is 2.78 bits per heavy atom. The van der Waals surface area contributed by atoms with Gasteiger partial charge in [0.15, 0.2) is 0 Å². The number of allylic oxidation sites excluding steroid dienone is 1. The minimum atomic E-state index is -0.808. The van der Waals surface area contributed by atoms with Crippen LogP contribution in [0.15, 0.2) is 12.2 Å². The van der Waals surface area contributed by atoms with Crippen LogP contribution in [0.2, 0.25) is 0 Å². The Bertz CT molecular complexity index is 307. The van der Waals surface area contributed by atoms with Crippen LogP contribution >= 0.6 is 0 Å². The monoisotopic (exact) mass is 256 g/mol. The van der Waals surface area contributed by atoms with Crippen LogP contribution in [0, 0.1) is 5.92 Å². The average Bonchev–Trinajstić information content (AvgIpc) is 2.69. The summed E-state index contributed by atoms with van der Waals surface area (Å²) in [5.41, 5.74) is 6.05. The molecule has 1 saturated heterocycles. The lowest BCUT2D eigenvalue weighted by Gasteiger charge is -2.27. The number of nitrogens with one attached hydrogen (secondary N) is 1. The number of carbonyl (C=O) groups is 1. The van der Waals surface area contributed by atoms with Crippen LogP contribution in [0.1, 0.15) is 33.1 Å². The second-order valence-corrected chi connectivity index (χ2v) is 4.97. The maximum atomic E-state index is 10.7. The molecule has 104 valence electrons. The lowest BCUT2D eigenvalue weighted by molar-refractivity contribution is -0.137. The summed E-state index contributed by atoms with van der Waals surface area (Å²) < 4.78 is 0. The number of hydrogen-bond acceptors (Lipinski definition) is 4. The number of rotatable bonds is 6. The fraction of sp³-hybridized carbons (Fsp3) is 0.769. The molecule has 0 bridgehead atoms. The minimum Gasteiger partial charge on any atom is -0.481 e. The second kappa shape index (κ2) is 6.87. The van der Waals surface area contributed by atoms with Gasteiger partial charge < -0.3 is 21.3 Å². The SMILES string of the molecule is C/C=C\C1CC(CC(=O)O)NC1C(N)C(O)CC. The molecule has 5 N–H and O–H groups in total. The highest BCUT2D eigenvalue weighted by Crippen LogP contribution is 2.26. The van der Waals surface area contributed by atoms with Crippen molar-refractivity contribution < 1.29 is 15.0 Å². The van der Waals surface area contributed by atoms with Gasteiger partial charge in [-0.05, 0) is 25.7 Å². The van der Waals surface area contributed by atoms with Crippen molar-refractivity contribution in [3.63, 3.8) is 0 Å². The van der Waals surface area contributed by atoms with Crippen LogP contribution < -0.4 is 11.1 Å². The van der Waals surface area contributed by atoms with E-state index in [1.807, 2.05) is 26.0 Å². The van der Waals surface area contributed by atoms with Gasteiger partial charge in [-0.15, -0.1) is 0 Å². The van der Waals surface area contributed by atoms with Gasteiger partial charge in [0.25, 0.3) is 0 Å². The smallest absolute Gasteiger partial charge is 0.304 e. The zero-order valence-electron chi connectivity index (χ0n) is 11.0. The first kappa shape index (κ1) is 15.1. The molecule has 0 aromatic rings. The first-order chi connectivity index (χ1) is 8.49. The first-order valence-corrected chi connectivity index (χ1v) is 6.53. The number of carboxylic acids is 1. The van der Waals surface area contributed by atoms with E-state index in [0.29, 0.717) is 6.42 Å². The molecule has 5 atom stereocenters. The van der Waals surface area contributed by atoms with Gasteiger partial charge in [0.05, 0.1) is 12.5 Å².